The van der Waals surface area contributed by atoms with Crippen LogP contribution >= 0.6 is 0 Å². The van der Waals surface area contributed by atoms with E-state index in [0.717, 1.165) is 42.6 Å². The van der Waals surface area contributed by atoms with Crippen molar-refractivity contribution in [3.8, 4) is 0 Å². The highest BCUT2D eigenvalue weighted by molar-refractivity contribution is 5.86. The summed E-state index contributed by atoms with van der Waals surface area (Å²) in [5.41, 5.74) is 2.51. The highest BCUT2D eigenvalue weighted by Gasteiger charge is 2.64. The molecule has 0 radical (unpaired) electrons. The molecule has 1 aliphatic heterocycles. The molecule has 0 aromatic carbocycles. The molecule has 0 aromatic heterocycles. The van der Waals surface area contributed by atoms with Gasteiger partial charge in [0.2, 0.25) is 11.8 Å². The molecule has 4 fully saturated rings. The smallest absolute Gasteiger partial charge is 0.244 e. The van der Waals surface area contributed by atoms with Crippen LogP contribution in [-0.4, -0.2) is 60.4 Å². The Kier molecular flexibility index (Phi) is 5.74. The van der Waals surface area contributed by atoms with Crippen molar-refractivity contribution in [2.45, 2.75) is 97.2 Å². The standard InChI is InChI=1S/C28H45N3O2/c1-17(29-19(3)32)26(33)31(6)21-11-13-27(4)20(15-21)7-8-22-24(27)12-14-28-16-30(5)18(2)23(28)9-10-25(22)28/h7,17-18,21-25H,8-16H2,1-6H3,(H,29,32). The Morgan fingerprint density at radius 2 is 1.88 bits per heavy atom. The van der Waals surface area contributed by atoms with Crippen molar-refractivity contribution >= 4 is 11.8 Å². The summed E-state index contributed by atoms with van der Waals surface area (Å²) in [5.74, 6) is 3.37. The Hall–Kier alpha value is -1.36. The average Bonchev–Trinajstić information content (AvgIpc) is 3.25. The van der Waals surface area contributed by atoms with Gasteiger partial charge in [0.05, 0.1) is 0 Å². The molecule has 4 aliphatic carbocycles. The number of carbonyl (C=O) groups excluding carboxylic acids is 2. The highest BCUT2D eigenvalue weighted by Crippen LogP contribution is 2.68. The topological polar surface area (TPSA) is 52.7 Å². The maximum atomic E-state index is 12.9. The number of rotatable bonds is 3. The third-order valence-electron chi connectivity index (χ3n) is 11.4. The largest absolute Gasteiger partial charge is 0.345 e. The van der Waals surface area contributed by atoms with E-state index in [1.165, 1.54) is 52.0 Å². The van der Waals surface area contributed by atoms with E-state index in [0.29, 0.717) is 10.8 Å². The minimum Gasteiger partial charge on any atom is -0.345 e. The maximum absolute atomic E-state index is 12.9. The van der Waals surface area contributed by atoms with E-state index < -0.39 is 6.04 Å². The molecule has 1 saturated heterocycles. The molecule has 1 N–H and O–H groups in total. The molecule has 5 rings (SSSR count). The molecule has 3 saturated carbocycles. The Bertz CT molecular complexity index is 854. The van der Waals surface area contributed by atoms with E-state index >= 15 is 0 Å². The summed E-state index contributed by atoms with van der Waals surface area (Å²) in [6.07, 6.45) is 12.8. The van der Waals surface area contributed by atoms with Gasteiger partial charge in [0, 0.05) is 32.6 Å². The first-order valence-electron chi connectivity index (χ1n) is 13.5. The van der Waals surface area contributed by atoms with Crippen molar-refractivity contribution in [3.05, 3.63) is 11.6 Å². The van der Waals surface area contributed by atoms with Crippen LogP contribution in [0.4, 0.5) is 0 Å². The summed E-state index contributed by atoms with van der Waals surface area (Å²) in [6.45, 7) is 9.62. The Morgan fingerprint density at radius 3 is 2.61 bits per heavy atom. The van der Waals surface area contributed by atoms with Gasteiger partial charge in [0.25, 0.3) is 0 Å². The molecule has 184 valence electrons. The first-order chi connectivity index (χ1) is 15.6. The van der Waals surface area contributed by atoms with E-state index in [1.54, 1.807) is 12.5 Å². The Morgan fingerprint density at radius 1 is 1.15 bits per heavy atom. The molecule has 9 atom stereocenters. The van der Waals surface area contributed by atoms with Crippen LogP contribution in [0, 0.1) is 34.5 Å². The molecule has 1 heterocycles. The number of allylic oxidation sites excluding steroid dienone is 1. The van der Waals surface area contributed by atoms with Gasteiger partial charge in [-0.2, -0.15) is 0 Å². The summed E-state index contributed by atoms with van der Waals surface area (Å²) in [6, 6.07) is 0.544. The molecular weight excluding hydrogens is 410 g/mol. The van der Waals surface area contributed by atoms with Crippen LogP contribution in [0.15, 0.2) is 11.6 Å². The molecule has 9 unspecified atom stereocenters. The lowest BCUT2D eigenvalue weighted by atomic mass is 9.47. The fourth-order valence-corrected chi connectivity index (χ4v) is 9.63. The van der Waals surface area contributed by atoms with Gasteiger partial charge in [-0.3, -0.25) is 9.59 Å². The summed E-state index contributed by atoms with van der Waals surface area (Å²) >= 11 is 0. The van der Waals surface area contributed by atoms with Crippen molar-refractivity contribution in [1.82, 2.24) is 15.1 Å². The van der Waals surface area contributed by atoms with Crippen molar-refractivity contribution in [3.63, 3.8) is 0 Å². The van der Waals surface area contributed by atoms with Gasteiger partial charge in [-0.25, -0.2) is 0 Å². The fourth-order valence-electron chi connectivity index (χ4n) is 9.63. The first-order valence-corrected chi connectivity index (χ1v) is 13.5. The second kappa shape index (κ2) is 8.10. The zero-order valence-electron chi connectivity index (χ0n) is 21.7. The minimum absolute atomic E-state index is 0.0316. The summed E-state index contributed by atoms with van der Waals surface area (Å²) < 4.78 is 0. The Balaban J connectivity index is 1.33. The van der Waals surface area contributed by atoms with Gasteiger partial charge in [-0.15, -0.1) is 0 Å². The van der Waals surface area contributed by atoms with Crippen molar-refractivity contribution in [2.75, 3.05) is 20.6 Å². The molecule has 5 aliphatic rings. The summed E-state index contributed by atoms with van der Waals surface area (Å²) in [4.78, 5) is 28.9. The normalized spacial score (nSPS) is 45.2. The number of likely N-dealkylation sites (N-methyl/N-ethyl adjacent to an activating group) is 1. The number of amides is 2. The maximum Gasteiger partial charge on any atom is 0.244 e. The van der Waals surface area contributed by atoms with Gasteiger partial charge < -0.3 is 15.1 Å². The molecule has 5 nitrogen and oxygen atoms in total. The van der Waals surface area contributed by atoms with E-state index in [1.807, 2.05) is 11.9 Å². The zero-order valence-corrected chi connectivity index (χ0v) is 21.7. The van der Waals surface area contributed by atoms with Gasteiger partial charge in [0.15, 0.2) is 0 Å². The predicted molar refractivity (Wildman–Crippen MR) is 131 cm³/mol. The van der Waals surface area contributed by atoms with Crippen molar-refractivity contribution in [2.24, 2.45) is 34.5 Å². The van der Waals surface area contributed by atoms with Crippen molar-refractivity contribution in [1.29, 1.82) is 0 Å². The highest BCUT2D eigenvalue weighted by atomic mass is 16.2. The van der Waals surface area contributed by atoms with E-state index in [2.05, 4.69) is 37.2 Å². The van der Waals surface area contributed by atoms with E-state index in [9.17, 15) is 9.59 Å². The summed E-state index contributed by atoms with van der Waals surface area (Å²) in [5, 5.41) is 2.76. The molecule has 5 heteroatoms. The monoisotopic (exact) mass is 455 g/mol. The van der Waals surface area contributed by atoms with Gasteiger partial charge >= 0.3 is 0 Å². The number of nitrogens with zero attached hydrogens (tertiary/aromatic N) is 2. The third kappa shape index (κ3) is 3.43. The lowest BCUT2D eigenvalue weighted by Crippen LogP contribution is -2.54. The fraction of sp³-hybridized carbons (Fsp3) is 0.857. The summed E-state index contributed by atoms with van der Waals surface area (Å²) in [7, 11) is 4.29. The van der Waals surface area contributed by atoms with Crippen LogP contribution in [-0.2, 0) is 9.59 Å². The number of nitrogens with one attached hydrogen (secondary N) is 1. The van der Waals surface area contributed by atoms with Gasteiger partial charge in [0.1, 0.15) is 6.04 Å². The molecule has 2 amide bonds. The molecule has 1 spiro atoms. The molecular formula is C28H45N3O2. The number of hydrogen-bond donors (Lipinski definition) is 1. The molecule has 0 bridgehead atoms. The van der Waals surface area contributed by atoms with Crippen LogP contribution in [0.5, 0.6) is 0 Å². The lowest BCUT2D eigenvalue weighted by Gasteiger charge is -2.58. The second-order valence-corrected chi connectivity index (χ2v) is 12.6. The molecule has 33 heavy (non-hydrogen) atoms. The van der Waals surface area contributed by atoms with Crippen molar-refractivity contribution < 1.29 is 9.59 Å². The van der Waals surface area contributed by atoms with Crippen LogP contribution in [0.1, 0.15) is 79.1 Å². The van der Waals surface area contributed by atoms with E-state index in [4.69, 9.17) is 0 Å². The minimum atomic E-state index is -0.456. The Labute approximate surface area is 200 Å². The van der Waals surface area contributed by atoms with Gasteiger partial charge in [-0.05, 0) is 107 Å². The quantitative estimate of drug-likeness (QED) is 0.648. The first kappa shape index (κ1) is 23.4. The molecule has 0 aromatic rings. The number of fused-ring (bicyclic) bond motifs is 4. The van der Waals surface area contributed by atoms with Gasteiger partial charge in [-0.1, -0.05) is 18.6 Å². The third-order valence-corrected chi connectivity index (χ3v) is 11.4. The van der Waals surface area contributed by atoms with E-state index in [-0.39, 0.29) is 17.9 Å². The average molecular weight is 456 g/mol. The second-order valence-electron chi connectivity index (χ2n) is 12.6. The van der Waals surface area contributed by atoms with Crippen LogP contribution in [0.25, 0.3) is 0 Å². The van der Waals surface area contributed by atoms with Crippen LogP contribution < -0.4 is 5.32 Å². The number of hydrogen-bond acceptors (Lipinski definition) is 3. The van der Waals surface area contributed by atoms with Crippen LogP contribution in [0.2, 0.25) is 0 Å². The van der Waals surface area contributed by atoms with Crippen LogP contribution in [0.3, 0.4) is 0 Å². The zero-order chi connectivity index (χ0) is 23.7. The predicted octanol–water partition coefficient (Wildman–Crippen LogP) is 4.23. The number of carbonyl (C=O) groups is 2. The SMILES string of the molecule is CC(=O)NC(C)C(=O)N(C)C1CCC2(C)C(=CCC3C2CCC24CN(C)C(C)C2CCC34)C1. The number of likely N-dealkylation sites (tertiary alicyclic amines) is 1. The lowest BCUT2D eigenvalue weighted by molar-refractivity contribution is -0.137.